The average Bonchev–Trinajstić information content (AvgIpc) is 1.83. The number of hydrogen-bond donors (Lipinski definition) is 2. The minimum Gasteiger partial charge on any atom is -0.271 e. The SMILES string of the molecule is C=CC(CSC)NN. The Balaban J connectivity index is 3.21. The van der Waals surface area contributed by atoms with Crippen molar-refractivity contribution in [2.24, 2.45) is 5.84 Å². The van der Waals surface area contributed by atoms with Crippen LogP contribution in [0, 0.1) is 0 Å². The Hall–Kier alpha value is 0.01000. The average molecular weight is 132 g/mol. The Bertz CT molecular complexity index is 65.4. The normalized spacial score (nSPS) is 13.2. The molecule has 48 valence electrons. The largest absolute Gasteiger partial charge is 0.271 e. The smallest absolute Gasteiger partial charge is 0.0478 e. The first kappa shape index (κ1) is 8.01. The van der Waals surface area contributed by atoms with Crippen LogP contribution in [0.1, 0.15) is 0 Å². The van der Waals surface area contributed by atoms with E-state index in [2.05, 4.69) is 12.0 Å². The monoisotopic (exact) mass is 132 g/mol. The summed E-state index contributed by atoms with van der Waals surface area (Å²) in [5.41, 5.74) is 2.61. The van der Waals surface area contributed by atoms with E-state index in [9.17, 15) is 0 Å². The molecule has 0 bridgehead atoms. The second-order valence-electron chi connectivity index (χ2n) is 1.46. The van der Waals surface area contributed by atoms with Crippen LogP contribution in [-0.2, 0) is 0 Å². The van der Waals surface area contributed by atoms with E-state index in [1.165, 1.54) is 0 Å². The van der Waals surface area contributed by atoms with Gasteiger partial charge in [-0.1, -0.05) is 6.08 Å². The van der Waals surface area contributed by atoms with Crippen molar-refractivity contribution in [1.82, 2.24) is 5.43 Å². The highest BCUT2D eigenvalue weighted by atomic mass is 32.2. The summed E-state index contributed by atoms with van der Waals surface area (Å²) < 4.78 is 0. The Morgan fingerprint density at radius 2 is 2.62 bits per heavy atom. The topological polar surface area (TPSA) is 38.0 Å². The maximum atomic E-state index is 5.13. The van der Waals surface area contributed by atoms with Crippen molar-refractivity contribution >= 4 is 11.8 Å². The zero-order valence-corrected chi connectivity index (χ0v) is 5.87. The van der Waals surface area contributed by atoms with Crippen LogP contribution < -0.4 is 11.3 Å². The third kappa shape index (κ3) is 3.07. The first-order valence-corrected chi connectivity index (χ1v) is 3.82. The summed E-state index contributed by atoms with van der Waals surface area (Å²) in [5, 5.41) is 0. The number of hydrogen-bond acceptors (Lipinski definition) is 3. The molecule has 0 spiro atoms. The van der Waals surface area contributed by atoms with Gasteiger partial charge in [0.05, 0.1) is 0 Å². The third-order valence-electron chi connectivity index (χ3n) is 0.845. The van der Waals surface area contributed by atoms with Gasteiger partial charge in [0, 0.05) is 11.8 Å². The molecule has 0 amide bonds. The van der Waals surface area contributed by atoms with E-state index in [-0.39, 0.29) is 6.04 Å². The van der Waals surface area contributed by atoms with Crippen molar-refractivity contribution in [3.63, 3.8) is 0 Å². The van der Waals surface area contributed by atoms with Crippen LogP contribution in [0.4, 0.5) is 0 Å². The number of nitrogens with two attached hydrogens (primary N) is 1. The Labute approximate surface area is 54.5 Å². The van der Waals surface area contributed by atoms with Crippen LogP contribution in [0.15, 0.2) is 12.7 Å². The molecule has 0 rings (SSSR count). The van der Waals surface area contributed by atoms with Gasteiger partial charge in [0.15, 0.2) is 0 Å². The van der Waals surface area contributed by atoms with Gasteiger partial charge in [0.2, 0.25) is 0 Å². The van der Waals surface area contributed by atoms with Crippen molar-refractivity contribution in [3.8, 4) is 0 Å². The van der Waals surface area contributed by atoms with Crippen molar-refractivity contribution in [1.29, 1.82) is 0 Å². The van der Waals surface area contributed by atoms with Crippen molar-refractivity contribution in [2.75, 3.05) is 12.0 Å². The molecule has 0 saturated carbocycles. The van der Waals surface area contributed by atoms with E-state index >= 15 is 0 Å². The number of nitrogens with one attached hydrogen (secondary N) is 1. The fraction of sp³-hybridized carbons (Fsp3) is 0.600. The quantitative estimate of drug-likeness (QED) is 0.330. The Morgan fingerprint density at radius 3 is 2.75 bits per heavy atom. The zero-order chi connectivity index (χ0) is 6.41. The van der Waals surface area contributed by atoms with E-state index < -0.39 is 0 Å². The van der Waals surface area contributed by atoms with Gasteiger partial charge in [0.1, 0.15) is 0 Å². The predicted molar refractivity (Wildman–Crippen MR) is 39.7 cm³/mol. The highest BCUT2D eigenvalue weighted by molar-refractivity contribution is 7.98. The van der Waals surface area contributed by atoms with Gasteiger partial charge < -0.3 is 0 Å². The molecular formula is C5H12N2S. The molecule has 0 aromatic carbocycles. The fourth-order valence-electron chi connectivity index (χ4n) is 0.364. The summed E-state index contributed by atoms with van der Waals surface area (Å²) in [4.78, 5) is 0. The van der Waals surface area contributed by atoms with Crippen molar-refractivity contribution in [3.05, 3.63) is 12.7 Å². The Kier molecular flexibility index (Phi) is 5.16. The van der Waals surface area contributed by atoms with Gasteiger partial charge >= 0.3 is 0 Å². The maximum Gasteiger partial charge on any atom is 0.0478 e. The molecule has 1 atom stereocenters. The lowest BCUT2D eigenvalue weighted by Crippen LogP contribution is -2.34. The molecular weight excluding hydrogens is 120 g/mol. The van der Waals surface area contributed by atoms with E-state index in [0.717, 1.165) is 5.75 Å². The van der Waals surface area contributed by atoms with Crippen molar-refractivity contribution < 1.29 is 0 Å². The van der Waals surface area contributed by atoms with Crippen molar-refractivity contribution in [2.45, 2.75) is 6.04 Å². The lowest BCUT2D eigenvalue weighted by molar-refractivity contribution is 0.678. The lowest BCUT2D eigenvalue weighted by Gasteiger charge is -2.06. The predicted octanol–water partition coefficient (Wildman–Crippen LogP) is 0.367. The van der Waals surface area contributed by atoms with E-state index in [1.54, 1.807) is 17.8 Å². The van der Waals surface area contributed by atoms with Crippen LogP contribution in [0.25, 0.3) is 0 Å². The Morgan fingerprint density at radius 1 is 2.00 bits per heavy atom. The molecule has 0 aromatic rings. The molecule has 3 heteroatoms. The summed E-state index contributed by atoms with van der Waals surface area (Å²) in [6, 6.07) is 0.255. The van der Waals surface area contributed by atoms with Crippen LogP contribution in [0.2, 0.25) is 0 Å². The summed E-state index contributed by atoms with van der Waals surface area (Å²) in [7, 11) is 0. The van der Waals surface area contributed by atoms with Gasteiger partial charge in [-0.15, -0.1) is 6.58 Å². The molecule has 0 aliphatic heterocycles. The molecule has 0 fully saturated rings. The van der Waals surface area contributed by atoms with Crippen LogP contribution in [0.3, 0.4) is 0 Å². The molecule has 0 radical (unpaired) electrons. The van der Waals surface area contributed by atoms with Gasteiger partial charge in [0.25, 0.3) is 0 Å². The van der Waals surface area contributed by atoms with E-state index in [0.29, 0.717) is 0 Å². The van der Waals surface area contributed by atoms with E-state index in [1.807, 2.05) is 6.26 Å². The minimum absolute atomic E-state index is 0.255. The highest BCUT2D eigenvalue weighted by Crippen LogP contribution is 1.95. The highest BCUT2D eigenvalue weighted by Gasteiger charge is 1.95. The first-order chi connectivity index (χ1) is 3.85. The summed E-state index contributed by atoms with van der Waals surface area (Å²) in [5.74, 6) is 6.12. The molecule has 1 unspecified atom stereocenters. The zero-order valence-electron chi connectivity index (χ0n) is 5.05. The lowest BCUT2D eigenvalue weighted by atomic mass is 10.4. The number of rotatable bonds is 4. The first-order valence-electron chi connectivity index (χ1n) is 2.42. The molecule has 2 nitrogen and oxygen atoms in total. The van der Waals surface area contributed by atoms with Crippen LogP contribution >= 0.6 is 11.8 Å². The second kappa shape index (κ2) is 5.15. The van der Waals surface area contributed by atoms with E-state index in [4.69, 9.17) is 5.84 Å². The standard InChI is InChI=1S/C5H12N2S/c1-3-5(7-6)4-8-2/h3,5,7H,1,4,6H2,2H3. The summed E-state index contributed by atoms with van der Waals surface area (Å²) in [6.07, 6.45) is 3.84. The van der Waals surface area contributed by atoms with Crippen LogP contribution in [-0.4, -0.2) is 18.1 Å². The molecule has 3 N–H and O–H groups in total. The fourth-order valence-corrected chi connectivity index (χ4v) is 0.955. The number of thioether (sulfide) groups is 1. The molecule has 0 aromatic heterocycles. The molecule has 0 saturated heterocycles. The van der Waals surface area contributed by atoms with Gasteiger partial charge in [-0.25, -0.2) is 0 Å². The maximum absolute atomic E-state index is 5.13. The molecule has 0 aliphatic carbocycles. The molecule has 0 aliphatic rings. The number of hydrazine groups is 1. The van der Waals surface area contributed by atoms with Gasteiger partial charge in [-0.05, 0) is 6.26 Å². The van der Waals surface area contributed by atoms with Gasteiger partial charge in [-0.3, -0.25) is 11.3 Å². The summed E-state index contributed by atoms with van der Waals surface area (Å²) in [6.45, 7) is 3.59. The summed E-state index contributed by atoms with van der Waals surface area (Å²) >= 11 is 1.75. The minimum atomic E-state index is 0.255. The van der Waals surface area contributed by atoms with Gasteiger partial charge in [-0.2, -0.15) is 11.8 Å². The van der Waals surface area contributed by atoms with Crippen LogP contribution in [0.5, 0.6) is 0 Å². The third-order valence-corrected chi connectivity index (χ3v) is 1.54. The molecule has 8 heavy (non-hydrogen) atoms. The molecule has 0 heterocycles. The second-order valence-corrected chi connectivity index (χ2v) is 2.37.